The van der Waals surface area contributed by atoms with Gasteiger partial charge >= 0.3 is 5.97 Å². The third kappa shape index (κ3) is 1.78. The first-order chi connectivity index (χ1) is 7.22. The second-order valence-electron chi connectivity index (χ2n) is 3.44. The lowest BCUT2D eigenvalue weighted by atomic mass is 10.1. The summed E-state index contributed by atoms with van der Waals surface area (Å²) in [6.07, 6.45) is 1.60. The fraction of sp³-hybridized carbons (Fsp3) is 0.250. The number of carbonyl (C=O) groups excluding carboxylic acids is 1. The first-order valence-electron chi connectivity index (χ1n) is 4.94. The largest absolute Gasteiger partial charge is 0.422 e. The van der Waals surface area contributed by atoms with Crippen molar-refractivity contribution in [1.29, 1.82) is 0 Å². The average molecular weight is 204 g/mol. The molecule has 1 atom stereocenters. The first kappa shape index (κ1) is 9.93. The van der Waals surface area contributed by atoms with Crippen molar-refractivity contribution in [2.75, 3.05) is 0 Å². The summed E-state index contributed by atoms with van der Waals surface area (Å²) in [5, 5.41) is 9.46. The van der Waals surface area contributed by atoms with Gasteiger partial charge in [-0.15, -0.1) is 0 Å². The lowest BCUT2D eigenvalue weighted by Gasteiger charge is -2.02. The lowest BCUT2D eigenvalue weighted by molar-refractivity contribution is 0.0713. The molecule has 1 aliphatic rings. The fourth-order valence-electron chi connectivity index (χ4n) is 1.50. The molecule has 0 amide bonds. The van der Waals surface area contributed by atoms with Crippen LogP contribution in [-0.2, 0) is 4.74 Å². The van der Waals surface area contributed by atoms with Crippen LogP contribution >= 0.6 is 0 Å². The molecular formula is C12H12O3. The molecule has 0 spiro atoms. The molecule has 1 N–H and O–H groups in total. The molecule has 0 bridgehead atoms. The molecule has 0 aromatic heterocycles. The number of ether oxygens (including phenoxy) is 1. The summed E-state index contributed by atoms with van der Waals surface area (Å²) in [5.74, 6) is 0.116. The van der Waals surface area contributed by atoms with E-state index in [2.05, 4.69) is 0 Å². The normalized spacial score (nSPS) is 18.8. The highest BCUT2D eigenvalue weighted by Crippen LogP contribution is 2.29. The van der Waals surface area contributed by atoms with Gasteiger partial charge in [-0.2, -0.15) is 0 Å². The van der Waals surface area contributed by atoms with Crippen molar-refractivity contribution in [3.63, 3.8) is 0 Å². The molecule has 1 heterocycles. The van der Waals surface area contributed by atoms with Crippen LogP contribution in [0.4, 0.5) is 0 Å². The molecule has 3 heteroatoms. The molecule has 0 aliphatic carbocycles. The van der Waals surface area contributed by atoms with Gasteiger partial charge in [-0.3, -0.25) is 0 Å². The fourth-order valence-corrected chi connectivity index (χ4v) is 1.50. The smallest absolute Gasteiger partial charge is 0.344 e. The Labute approximate surface area is 88.0 Å². The average Bonchev–Trinajstić information content (AvgIpc) is 2.57. The van der Waals surface area contributed by atoms with Gasteiger partial charge in [-0.05, 0) is 18.6 Å². The zero-order valence-electron chi connectivity index (χ0n) is 8.43. The predicted octanol–water partition coefficient (Wildman–Crippen LogP) is 1.97. The van der Waals surface area contributed by atoms with E-state index in [0.717, 1.165) is 5.56 Å². The van der Waals surface area contributed by atoms with Gasteiger partial charge < -0.3 is 9.84 Å². The summed E-state index contributed by atoms with van der Waals surface area (Å²) in [6, 6.07) is 7.16. The van der Waals surface area contributed by atoms with Crippen molar-refractivity contribution in [3.8, 4) is 0 Å². The van der Waals surface area contributed by atoms with E-state index in [1.165, 1.54) is 0 Å². The van der Waals surface area contributed by atoms with Gasteiger partial charge in [0.1, 0.15) is 5.76 Å². The summed E-state index contributed by atoms with van der Waals surface area (Å²) in [7, 11) is 0. The van der Waals surface area contributed by atoms with E-state index in [1.54, 1.807) is 18.2 Å². The van der Waals surface area contributed by atoms with Crippen LogP contribution in [0.2, 0.25) is 0 Å². The third-order valence-corrected chi connectivity index (χ3v) is 2.38. The number of fused-ring (bicyclic) bond motifs is 1. The van der Waals surface area contributed by atoms with Crippen molar-refractivity contribution >= 4 is 11.7 Å². The van der Waals surface area contributed by atoms with Crippen LogP contribution in [0.15, 0.2) is 30.3 Å². The number of esters is 1. The minimum atomic E-state index is -0.570. The highest BCUT2D eigenvalue weighted by Gasteiger charge is 2.25. The van der Waals surface area contributed by atoms with Gasteiger partial charge in [-0.25, -0.2) is 4.79 Å². The Balaban J connectivity index is 2.40. The zero-order valence-corrected chi connectivity index (χ0v) is 8.43. The Morgan fingerprint density at radius 2 is 2.07 bits per heavy atom. The number of hydrogen-bond donors (Lipinski definition) is 1. The highest BCUT2D eigenvalue weighted by molar-refractivity contribution is 6.02. The molecule has 0 radical (unpaired) electrons. The monoisotopic (exact) mass is 204 g/mol. The summed E-state index contributed by atoms with van der Waals surface area (Å²) >= 11 is 0. The summed E-state index contributed by atoms with van der Waals surface area (Å²) in [5.41, 5.74) is 1.32. The number of rotatable bonds is 2. The van der Waals surface area contributed by atoms with Crippen molar-refractivity contribution in [1.82, 2.24) is 0 Å². The maximum Gasteiger partial charge on any atom is 0.344 e. The maximum absolute atomic E-state index is 11.4. The Hall–Kier alpha value is -1.61. The summed E-state index contributed by atoms with van der Waals surface area (Å²) in [6.45, 7) is 1.87. The number of carbonyl (C=O) groups is 1. The second kappa shape index (κ2) is 3.87. The molecule has 0 unspecified atom stereocenters. The second-order valence-corrected chi connectivity index (χ2v) is 3.44. The van der Waals surface area contributed by atoms with Crippen LogP contribution in [0.5, 0.6) is 0 Å². The summed E-state index contributed by atoms with van der Waals surface area (Å²) < 4.78 is 5.07. The van der Waals surface area contributed by atoms with Gasteiger partial charge in [0.2, 0.25) is 0 Å². The van der Waals surface area contributed by atoms with E-state index in [1.807, 2.05) is 19.1 Å². The SMILES string of the molecule is CC[C@@H](O)/C=C1\OC(=O)c2ccccc21. The van der Waals surface area contributed by atoms with Crippen LogP contribution in [0.1, 0.15) is 29.3 Å². The number of hydrogen-bond acceptors (Lipinski definition) is 3. The van der Waals surface area contributed by atoms with Crippen LogP contribution in [-0.4, -0.2) is 17.2 Å². The van der Waals surface area contributed by atoms with Gasteiger partial charge in [0, 0.05) is 5.56 Å². The Kier molecular flexibility index (Phi) is 2.56. The topological polar surface area (TPSA) is 46.5 Å². The van der Waals surface area contributed by atoms with Crippen molar-refractivity contribution < 1.29 is 14.6 Å². The van der Waals surface area contributed by atoms with Crippen LogP contribution < -0.4 is 0 Å². The van der Waals surface area contributed by atoms with E-state index in [0.29, 0.717) is 17.7 Å². The molecule has 1 aromatic rings. The lowest BCUT2D eigenvalue weighted by Crippen LogP contribution is -2.00. The van der Waals surface area contributed by atoms with Crippen molar-refractivity contribution in [2.24, 2.45) is 0 Å². The van der Waals surface area contributed by atoms with E-state index in [4.69, 9.17) is 4.74 Å². The quantitative estimate of drug-likeness (QED) is 0.749. The number of cyclic esters (lactones) is 1. The molecule has 0 saturated carbocycles. The Morgan fingerprint density at radius 3 is 2.73 bits per heavy atom. The maximum atomic E-state index is 11.4. The standard InChI is InChI=1S/C12H12O3/c1-2-8(13)7-11-9-5-3-4-6-10(9)12(14)15-11/h3-8,13H,2H2,1H3/b11-7-/t8-/m1/s1. The zero-order chi connectivity index (χ0) is 10.8. The molecule has 78 valence electrons. The Bertz CT molecular complexity index is 421. The number of aliphatic hydroxyl groups excluding tert-OH is 1. The Morgan fingerprint density at radius 1 is 1.40 bits per heavy atom. The molecular weight excluding hydrogens is 192 g/mol. The third-order valence-electron chi connectivity index (χ3n) is 2.38. The van der Waals surface area contributed by atoms with Gasteiger partial charge in [0.05, 0.1) is 11.7 Å². The molecule has 1 aliphatic heterocycles. The van der Waals surface area contributed by atoms with Crippen LogP contribution in [0, 0.1) is 0 Å². The number of benzene rings is 1. The molecule has 0 fully saturated rings. The minimum Gasteiger partial charge on any atom is -0.422 e. The van der Waals surface area contributed by atoms with Gasteiger partial charge in [0.25, 0.3) is 0 Å². The van der Waals surface area contributed by atoms with Crippen molar-refractivity contribution in [3.05, 3.63) is 41.5 Å². The molecule has 3 nitrogen and oxygen atoms in total. The molecule has 0 saturated heterocycles. The predicted molar refractivity (Wildman–Crippen MR) is 56.1 cm³/mol. The minimum absolute atomic E-state index is 0.347. The first-order valence-corrected chi connectivity index (χ1v) is 4.94. The molecule has 1 aromatic carbocycles. The van der Waals surface area contributed by atoms with Gasteiger partial charge in [0.15, 0.2) is 0 Å². The molecule has 2 rings (SSSR count). The summed E-state index contributed by atoms with van der Waals surface area (Å²) in [4.78, 5) is 11.4. The van der Waals surface area contributed by atoms with Crippen LogP contribution in [0.25, 0.3) is 5.76 Å². The highest BCUT2D eigenvalue weighted by atomic mass is 16.5. The van der Waals surface area contributed by atoms with E-state index >= 15 is 0 Å². The van der Waals surface area contributed by atoms with E-state index < -0.39 is 6.10 Å². The molecule has 15 heavy (non-hydrogen) atoms. The van der Waals surface area contributed by atoms with Crippen LogP contribution in [0.3, 0.4) is 0 Å². The van der Waals surface area contributed by atoms with E-state index in [9.17, 15) is 9.90 Å². The van der Waals surface area contributed by atoms with Gasteiger partial charge in [-0.1, -0.05) is 25.1 Å². The van der Waals surface area contributed by atoms with E-state index in [-0.39, 0.29) is 5.97 Å². The number of aliphatic hydroxyl groups is 1. The van der Waals surface area contributed by atoms with Crippen molar-refractivity contribution in [2.45, 2.75) is 19.4 Å².